The fraction of sp³-hybridized carbons (Fsp3) is 0.250. The lowest BCUT2D eigenvalue weighted by Gasteiger charge is -2.08. The Morgan fingerprint density at radius 3 is 2.39 bits per heavy atom. The fourth-order valence-electron chi connectivity index (χ4n) is 1.74. The standard InChI is InChI=1S/C16H17N3O3S/c1-10-4-6-12(7-5-10)15(20)17-13-8-9-14(19-18-13)23-11(2)16(21)22-3/h4-9,11H,1-3H3,(H,17,18,20)/t11-/m0/s1. The zero-order chi connectivity index (χ0) is 16.8. The van der Waals surface area contributed by atoms with E-state index in [1.54, 1.807) is 31.2 Å². The first kappa shape index (κ1) is 17.0. The van der Waals surface area contributed by atoms with E-state index in [0.29, 0.717) is 16.4 Å². The maximum atomic E-state index is 12.1. The molecule has 1 amide bonds. The maximum absolute atomic E-state index is 12.1. The van der Waals surface area contributed by atoms with Crippen LogP contribution in [0.15, 0.2) is 41.4 Å². The molecule has 0 spiro atoms. The van der Waals surface area contributed by atoms with Crippen LogP contribution in [0.1, 0.15) is 22.8 Å². The van der Waals surface area contributed by atoms with E-state index in [1.807, 2.05) is 19.1 Å². The van der Waals surface area contributed by atoms with Crippen LogP contribution in [0.4, 0.5) is 5.82 Å². The summed E-state index contributed by atoms with van der Waals surface area (Å²) >= 11 is 1.24. The van der Waals surface area contributed by atoms with Gasteiger partial charge in [0.05, 0.1) is 7.11 Å². The Bertz CT molecular complexity index is 687. The molecule has 0 radical (unpaired) electrons. The number of benzene rings is 1. The molecule has 7 heteroatoms. The number of hydrogen-bond donors (Lipinski definition) is 1. The molecule has 1 N–H and O–H groups in total. The molecular formula is C16H17N3O3S. The summed E-state index contributed by atoms with van der Waals surface area (Å²) in [6, 6.07) is 10.6. The Labute approximate surface area is 138 Å². The SMILES string of the molecule is COC(=O)[C@H](C)Sc1ccc(NC(=O)c2ccc(C)cc2)nn1. The minimum atomic E-state index is -0.373. The van der Waals surface area contributed by atoms with Crippen LogP contribution < -0.4 is 5.32 Å². The molecule has 0 bridgehead atoms. The average Bonchev–Trinajstić information content (AvgIpc) is 2.56. The van der Waals surface area contributed by atoms with E-state index in [1.165, 1.54) is 18.9 Å². The number of carbonyl (C=O) groups is 2. The number of amides is 1. The van der Waals surface area contributed by atoms with Crippen molar-refractivity contribution in [1.29, 1.82) is 0 Å². The number of nitrogens with one attached hydrogen (secondary N) is 1. The van der Waals surface area contributed by atoms with Crippen LogP contribution in [0.5, 0.6) is 0 Å². The van der Waals surface area contributed by atoms with Crippen LogP contribution in [0.3, 0.4) is 0 Å². The first-order valence-electron chi connectivity index (χ1n) is 6.96. The van der Waals surface area contributed by atoms with Gasteiger partial charge in [0.15, 0.2) is 5.82 Å². The summed E-state index contributed by atoms with van der Waals surface area (Å²) in [5, 5.41) is 10.8. The number of aryl methyl sites for hydroxylation is 1. The molecule has 0 unspecified atom stereocenters. The maximum Gasteiger partial charge on any atom is 0.318 e. The lowest BCUT2D eigenvalue weighted by molar-refractivity contribution is -0.139. The van der Waals surface area contributed by atoms with Gasteiger partial charge in [0, 0.05) is 5.56 Å². The number of ether oxygens (including phenoxy) is 1. The topological polar surface area (TPSA) is 81.2 Å². The Morgan fingerprint density at radius 2 is 1.83 bits per heavy atom. The van der Waals surface area contributed by atoms with Crippen molar-refractivity contribution in [1.82, 2.24) is 10.2 Å². The Hall–Kier alpha value is -2.41. The van der Waals surface area contributed by atoms with Crippen LogP contribution in [0.2, 0.25) is 0 Å². The molecule has 0 aliphatic rings. The van der Waals surface area contributed by atoms with Gasteiger partial charge in [-0.15, -0.1) is 10.2 Å². The molecule has 0 saturated carbocycles. The predicted molar refractivity (Wildman–Crippen MR) is 88.5 cm³/mol. The van der Waals surface area contributed by atoms with E-state index in [-0.39, 0.29) is 17.1 Å². The molecule has 0 fully saturated rings. The van der Waals surface area contributed by atoms with Gasteiger partial charge < -0.3 is 10.1 Å². The van der Waals surface area contributed by atoms with Crippen molar-refractivity contribution in [3.63, 3.8) is 0 Å². The molecule has 0 saturated heterocycles. The Balaban J connectivity index is 1.98. The molecule has 1 atom stereocenters. The average molecular weight is 331 g/mol. The molecule has 1 aromatic carbocycles. The van der Waals surface area contributed by atoms with Crippen molar-refractivity contribution in [2.24, 2.45) is 0 Å². The van der Waals surface area contributed by atoms with Gasteiger partial charge in [-0.2, -0.15) is 0 Å². The summed E-state index contributed by atoms with van der Waals surface area (Å²) in [6.07, 6.45) is 0. The second-order valence-electron chi connectivity index (χ2n) is 4.86. The largest absolute Gasteiger partial charge is 0.468 e. The van der Waals surface area contributed by atoms with Crippen LogP contribution in [0.25, 0.3) is 0 Å². The minimum absolute atomic E-state index is 0.248. The van der Waals surface area contributed by atoms with Gasteiger partial charge in [0.25, 0.3) is 5.91 Å². The molecule has 2 aromatic rings. The molecule has 2 rings (SSSR count). The van der Waals surface area contributed by atoms with E-state index in [0.717, 1.165) is 5.56 Å². The summed E-state index contributed by atoms with van der Waals surface area (Å²) in [4.78, 5) is 23.4. The molecule has 1 heterocycles. The van der Waals surface area contributed by atoms with Gasteiger partial charge in [-0.25, -0.2) is 0 Å². The van der Waals surface area contributed by atoms with Gasteiger partial charge in [0.1, 0.15) is 10.3 Å². The van der Waals surface area contributed by atoms with E-state index in [9.17, 15) is 9.59 Å². The second kappa shape index (κ2) is 7.73. The molecule has 1 aromatic heterocycles. The van der Waals surface area contributed by atoms with Crippen molar-refractivity contribution >= 4 is 29.5 Å². The number of thioether (sulfide) groups is 1. The molecule has 23 heavy (non-hydrogen) atoms. The van der Waals surface area contributed by atoms with Crippen LogP contribution in [-0.2, 0) is 9.53 Å². The lowest BCUT2D eigenvalue weighted by atomic mass is 10.1. The van der Waals surface area contributed by atoms with Crippen molar-refractivity contribution in [2.75, 3.05) is 12.4 Å². The van der Waals surface area contributed by atoms with E-state index in [2.05, 4.69) is 20.3 Å². The van der Waals surface area contributed by atoms with Crippen LogP contribution in [-0.4, -0.2) is 34.4 Å². The van der Waals surface area contributed by atoms with E-state index < -0.39 is 0 Å². The third kappa shape index (κ3) is 4.79. The first-order chi connectivity index (χ1) is 11.0. The van der Waals surface area contributed by atoms with Gasteiger partial charge in [-0.05, 0) is 38.1 Å². The van der Waals surface area contributed by atoms with Crippen molar-refractivity contribution < 1.29 is 14.3 Å². The number of esters is 1. The number of aromatic nitrogens is 2. The monoisotopic (exact) mass is 331 g/mol. The zero-order valence-corrected chi connectivity index (χ0v) is 13.9. The van der Waals surface area contributed by atoms with E-state index >= 15 is 0 Å². The summed E-state index contributed by atoms with van der Waals surface area (Å²) in [6.45, 7) is 3.68. The summed E-state index contributed by atoms with van der Waals surface area (Å²) < 4.78 is 4.65. The fourth-order valence-corrected chi connectivity index (χ4v) is 2.53. The van der Waals surface area contributed by atoms with Gasteiger partial charge in [-0.3, -0.25) is 9.59 Å². The minimum Gasteiger partial charge on any atom is -0.468 e. The highest BCUT2D eigenvalue weighted by atomic mass is 32.2. The van der Waals surface area contributed by atoms with Gasteiger partial charge >= 0.3 is 5.97 Å². The third-order valence-corrected chi connectivity index (χ3v) is 4.03. The molecule has 0 aliphatic heterocycles. The van der Waals surface area contributed by atoms with Crippen molar-refractivity contribution in [3.8, 4) is 0 Å². The van der Waals surface area contributed by atoms with Crippen molar-refractivity contribution in [2.45, 2.75) is 24.1 Å². The number of rotatable bonds is 5. The number of anilines is 1. The highest BCUT2D eigenvalue weighted by Gasteiger charge is 2.15. The Kier molecular flexibility index (Phi) is 5.70. The third-order valence-electron chi connectivity index (χ3n) is 3.03. The quantitative estimate of drug-likeness (QED) is 0.670. The number of carbonyl (C=O) groups excluding carboxylic acids is 2. The second-order valence-corrected chi connectivity index (χ2v) is 6.22. The van der Waals surface area contributed by atoms with Crippen LogP contribution in [0, 0.1) is 6.92 Å². The van der Waals surface area contributed by atoms with Gasteiger partial charge in [-0.1, -0.05) is 29.5 Å². The molecule has 6 nitrogen and oxygen atoms in total. The molecular weight excluding hydrogens is 314 g/mol. The zero-order valence-electron chi connectivity index (χ0n) is 13.1. The normalized spacial score (nSPS) is 11.6. The van der Waals surface area contributed by atoms with Crippen LogP contribution >= 0.6 is 11.8 Å². The predicted octanol–water partition coefficient (Wildman–Crippen LogP) is 2.69. The first-order valence-corrected chi connectivity index (χ1v) is 7.84. The number of hydrogen-bond acceptors (Lipinski definition) is 6. The number of methoxy groups -OCH3 is 1. The Morgan fingerprint density at radius 1 is 1.13 bits per heavy atom. The highest BCUT2D eigenvalue weighted by Crippen LogP contribution is 2.21. The molecule has 120 valence electrons. The highest BCUT2D eigenvalue weighted by molar-refractivity contribution is 8.00. The van der Waals surface area contributed by atoms with Crippen molar-refractivity contribution in [3.05, 3.63) is 47.5 Å². The van der Waals surface area contributed by atoms with Gasteiger partial charge in [0.2, 0.25) is 0 Å². The summed E-state index contributed by atoms with van der Waals surface area (Å²) in [5.41, 5.74) is 1.64. The summed E-state index contributed by atoms with van der Waals surface area (Å²) in [5.74, 6) is -0.221. The molecule has 0 aliphatic carbocycles. The lowest BCUT2D eigenvalue weighted by Crippen LogP contribution is -2.15. The smallest absolute Gasteiger partial charge is 0.318 e. The van der Waals surface area contributed by atoms with E-state index in [4.69, 9.17) is 0 Å². The number of nitrogens with zero attached hydrogens (tertiary/aromatic N) is 2. The summed E-state index contributed by atoms with van der Waals surface area (Å²) in [7, 11) is 1.34.